The number of aryl methyl sites for hydroxylation is 1. The average Bonchev–Trinajstić information content (AvgIpc) is 3.45. The molecule has 0 aliphatic heterocycles. The van der Waals surface area contributed by atoms with Gasteiger partial charge in [0.25, 0.3) is 0 Å². The van der Waals surface area contributed by atoms with Crippen LogP contribution in [0.3, 0.4) is 0 Å². The van der Waals surface area contributed by atoms with Crippen LogP contribution in [0.2, 0.25) is 0 Å². The fraction of sp³-hybridized carbons (Fsp3) is 0.364. The van der Waals surface area contributed by atoms with E-state index in [-0.39, 0.29) is 17.1 Å². The van der Waals surface area contributed by atoms with Crippen molar-refractivity contribution in [3.63, 3.8) is 0 Å². The van der Waals surface area contributed by atoms with Gasteiger partial charge in [-0.05, 0) is 56.5 Å². The number of amides is 2. The van der Waals surface area contributed by atoms with E-state index < -0.39 is 0 Å². The predicted molar refractivity (Wildman–Crippen MR) is 111 cm³/mol. The van der Waals surface area contributed by atoms with Crippen LogP contribution < -0.4 is 5.32 Å². The number of benzene rings is 2. The smallest absolute Gasteiger partial charge is 0.236 e. The Bertz CT molecular complexity index is 815. The van der Waals surface area contributed by atoms with Gasteiger partial charge in [-0.25, -0.2) is 0 Å². The topological polar surface area (TPSA) is 49.4 Å². The fourth-order valence-electron chi connectivity index (χ4n) is 3.09. The highest BCUT2D eigenvalue weighted by molar-refractivity contribution is 8.00. The lowest BCUT2D eigenvalue weighted by atomic mass is 10.1. The molecule has 1 fully saturated rings. The Balaban J connectivity index is 1.64. The van der Waals surface area contributed by atoms with Gasteiger partial charge in [0.15, 0.2) is 0 Å². The second kappa shape index (κ2) is 8.61. The summed E-state index contributed by atoms with van der Waals surface area (Å²) < 4.78 is 0. The molecule has 0 aromatic heterocycles. The molecular formula is C22H26N2O2S. The van der Waals surface area contributed by atoms with Crippen LogP contribution in [0.5, 0.6) is 0 Å². The maximum Gasteiger partial charge on any atom is 0.236 e. The summed E-state index contributed by atoms with van der Waals surface area (Å²) in [7, 11) is 0. The summed E-state index contributed by atoms with van der Waals surface area (Å²) in [6.45, 7) is 6.22. The summed E-state index contributed by atoms with van der Waals surface area (Å²) in [6.07, 6.45) is 2.20. The first-order valence-corrected chi connectivity index (χ1v) is 10.2. The van der Waals surface area contributed by atoms with Gasteiger partial charge in [-0.2, -0.15) is 0 Å². The lowest BCUT2D eigenvalue weighted by Gasteiger charge is -2.26. The monoisotopic (exact) mass is 382 g/mol. The summed E-state index contributed by atoms with van der Waals surface area (Å²) in [6, 6.07) is 16.4. The van der Waals surface area contributed by atoms with E-state index in [9.17, 15) is 9.59 Å². The SMILES string of the molecule is CC(=O)Nc1ccc(SC(C)C(=O)N(Cc2cccc(C)c2)C2CC2)cc1. The van der Waals surface area contributed by atoms with E-state index >= 15 is 0 Å². The predicted octanol–water partition coefficient (Wildman–Crippen LogP) is 4.63. The molecule has 5 heteroatoms. The number of hydrogen-bond acceptors (Lipinski definition) is 3. The van der Waals surface area contributed by atoms with Crippen LogP contribution in [0, 0.1) is 6.92 Å². The first-order chi connectivity index (χ1) is 12.9. The Hall–Kier alpha value is -2.27. The van der Waals surface area contributed by atoms with E-state index in [0.29, 0.717) is 12.6 Å². The number of carbonyl (C=O) groups is 2. The third-order valence-electron chi connectivity index (χ3n) is 4.54. The minimum atomic E-state index is -0.151. The molecule has 2 aromatic rings. The van der Waals surface area contributed by atoms with E-state index in [4.69, 9.17) is 0 Å². The molecule has 142 valence electrons. The summed E-state index contributed by atoms with van der Waals surface area (Å²) in [4.78, 5) is 27.3. The summed E-state index contributed by atoms with van der Waals surface area (Å²) in [5.41, 5.74) is 3.18. The van der Waals surface area contributed by atoms with Crippen molar-refractivity contribution in [2.24, 2.45) is 0 Å². The third kappa shape index (κ3) is 5.60. The van der Waals surface area contributed by atoms with E-state index in [1.807, 2.05) is 36.1 Å². The van der Waals surface area contributed by atoms with Gasteiger partial charge >= 0.3 is 0 Å². The van der Waals surface area contributed by atoms with Crippen LogP contribution in [0.25, 0.3) is 0 Å². The minimum absolute atomic E-state index is 0.0878. The van der Waals surface area contributed by atoms with Gasteiger partial charge in [0.2, 0.25) is 11.8 Å². The molecular weight excluding hydrogens is 356 g/mol. The lowest BCUT2D eigenvalue weighted by Crippen LogP contribution is -2.37. The molecule has 0 heterocycles. The zero-order valence-corrected chi connectivity index (χ0v) is 16.9. The van der Waals surface area contributed by atoms with E-state index in [0.717, 1.165) is 23.4 Å². The van der Waals surface area contributed by atoms with Gasteiger partial charge in [-0.3, -0.25) is 9.59 Å². The normalized spacial score (nSPS) is 14.5. The molecule has 3 rings (SSSR count). The molecule has 0 bridgehead atoms. The number of carbonyl (C=O) groups excluding carboxylic acids is 2. The minimum Gasteiger partial charge on any atom is -0.334 e. The molecule has 0 radical (unpaired) electrons. The highest BCUT2D eigenvalue weighted by Gasteiger charge is 2.34. The van der Waals surface area contributed by atoms with Crippen molar-refractivity contribution in [1.29, 1.82) is 0 Å². The van der Waals surface area contributed by atoms with Crippen LogP contribution in [-0.2, 0) is 16.1 Å². The van der Waals surface area contributed by atoms with Crippen molar-refractivity contribution in [1.82, 2.24) is 4.90 Å². The largest absolute Gasteiger partial charge is 0.334 e. The standard InChI is InChI=1S/C22H26N2O2S/c1-15-5-4-6-18(13-15)14-24(20-9-10-20)22(26)16(2)27-21-11-7-19(8-12-21)23-17(3)25/h4-8,11-13,16,20H,9-10,14H2,1-3H3,(H,23,25). The number of anilines is 1. The first-order valence-electron chi connectivity index (χ1n) is 9.32. The van der Waals surface area contributed by atoms with Crippen LogP contribution in [-0.4, -0.2) is 28.0 Å². The van der Waals surface area contributed by atoms with Crippen molar-refractivity contribution in [2.45, 2.75) is 56.3 Å². The Morgan fingerprint density at radius 1 is 1.19 bits per heavy atom. The molecule has 1 N–H and O–H groups in total. The fourth-order valence-corrected chi connectivity index (χ4v) is 4.03. The average molecular weight is 383 g/mol. The van der Waals surface area contributed by atoms with Crippen molar-refractivity contribution < 1.29 is 9.59 Å². The van der Waals surface area contributed by atoms with Crippen LogP contribution in [0.1, 0.15) is 37.8 Å². The molecule has 2 aromatic carbocycles. The molecule has 1 aliphatic carbocycles. The zero-order valence-electron chi connectivity index (χ0n) is 16.1. The van der Waals surface area contributed by atoms with Crippen molar-refractivity contribution in [3.8, 4) is 0 Å². The molecule has 2 amide bonds. The number of hydrogen-bond donors (Lipinski definition) is 1. The Labute approximate surface area is 165 Å². The maximum atomic E-state index is 13.1. The molecule has 4 nitrogen and oxygen atoms in total. The van der Waals surface area contributed by atoms with E-state index in [2.05, 4.69) is 36.5 Å². The van der Waals surface area contributed by atoms with E-state index in [1.165, 1.54) is 18.1 Å². The summed E-state index contributed by atoms with van der Waals surface area (Å²) in [5, 5.41) is 2.61. The van der Waals surface area contributed by atoms with Gasteiger partial charge in [-0.1, -0.05) is 29.8 Å². The molecule has 27 heavy (non-hydrogen) atoms. The van der Waals surface area contributed by atoms with Crippen molar-refractivity contribution >= 4 is 29.3 Å². The van der Waals surface area contributed by atoms with Crippen molar-refractivity contribution in [3.05, 3.63) is 59.7 Å². The van der Waals surface area contributed by atoms with Gasteiger partial charge in [-0.15, -0.1) is 11.8 Å². The van der Waals surface area contributed by atoms with Gasteiger partial charge in [0.1, 0.15) is 0 Å². The Morgan fingerprint density at radius 2 is 1.89 bits per heavy atom. The van der Waals surface area contributed by atoms with Crippen molar-refractivity contribution in [2.75, 3.05) is 5.32 Å². The van der Waals surface area contributed by atoms with Crippen LogP contribution >= 0.6 is 11.8 Å². The van der Waals surface area contributed by atoms with E-state index in [1.54, 1.807) is 11.8 Å². The molecule has 1 unspecified atom stereocenters. The number of nitrogens with one attached hydrogen (secondary N) is 1. The maximum absolute atomic E-state index is 13.1. The highest BCUT2D eigenvalue weighted by Crippen LogP contribution is 2.32. The number of thioether (sulfide) groups is 1. The molecule has 1 saturated carbocycles. The molecule has 0 spiro atoms. The number of rotatable bonds is 7. The Morgan fingerprint density at radius 3 is 2.48 bits per heavy atom. The van der Waals surface area contributed by atoms with Crippen LogP contribution in [0.4, 0.5) is 5.69 Å². The number of nitrogens with zero attached hydrogens (tertiary/aromatic N) is 1. The van der Waals surface area contributed by atoms with Crippen LogP contribution in [0.15, 0.2) is 53.4 Å². The third-order valence-corrected chi connectivity index (χ3v) is 5.64. The summed E-state index contributed by atoms with van der Waals surface area (Å²) >= 11 is 1.56. The first kappa shape index (κ1) is 19.5. The van der Waals surface area contributed by atoms with Gasteiger partial charge in [0, 0.05) is 30.1 Å². The quantitative estimate of drug-likeness (QED) is 0.711. The zero-order chi connectivity index (χ0) is 19.4. The lowest BCUT2D eigenvalue weighted by molar-refractivity contribution is -0.131. The molecule has 0 saturated heterocycles. The van der Waals surface area contributed by atoms with Gasteiger partial charge in [0.05, 0.1) is 5.25 Å². The highest BCUT2D eigenvalue weighted by atomic mass is 32.2. The molecule has 1 atom stereocenters. The Kier molecular flexibility index (Phi) is 6.22. The molecule has 1 aliphatic rings. The second-order valence-electron chi connectivity index (χ2n) is 7.15. The second-order valence-corrected chi connectivity index (χ2v) is 8.57. The summed E-state index contributed by atoms with van der Waals surface area (Å²) in [5.74, 6) is 0.102. The van der Waals surface area contributed by atoms with Gasteiger partial charge < -0.3 is 10.2 Å².